The van der Waals surface area contributed by atoms with Crippen LogP contribution in [0.2, 0.25) is 0 Å². The van der Waals surface area contributed by atoms with E-state index in [-0.39, 0.29) is 11.2 Å². The first-order valence-corrected chi connectivity index (χ1v) is 9.64. The Hall–Kier alpha value is -2.51. The SMILES string of the molecule is COc1ccc(OC)c(N(N)/C(C)=C(\N)Sc2ccc(C(C)(C)C)c(O)c2)c1. The first-order chi connectivity index (χ1) is 13.1. The van der Waals surface area contributed by atoms with Gasteiger partial charge >= 0.3 is 0 Å². The van der Waals surface area contributed by atoms with E-state index in [0.29, 0.717) is 27.9 Å². The molecule has 0 amide bonds. The molecular weight excluding hydrogens is 374 g/mol. The standard InChI is InChI=1S/C21H29N3O3S/c1-13(24(23)17-11-14(26-5)7-10-19(17)27-6)20(22)28-15-8-9-16(18(25)12-15)21(2,3)4/h7-12,25H,22-23H2,1-6H3/b20-13+. The van der Waals surface area contributed by atoms with Crippen molar-refractivity contribution >= 4 is 17.4 Å². The number of thioether (sulfide) groups is 1. The molecule has 0 unspecified atom stereocenters. The molecule has 5 N–H and O–H groups in total. The lowest BCUT2D eigenvalue weighted by Crippen LogP contribution is -2.31. The number of anilines is 1. The molecule has 0 atom stereocenters. The van der Waals surface area contributed by atoms with Crippen molar-refractivity contribution in [3.05, 3.63) is 52.7 Å². The Morgan fingerprint density at radius 2 is 1.75 bits per heavy atom. The maximum atomic E-state index is 10.4. The van der Waals surface area contributed by atoms with Crippen LogP contribution in [0.5, 0.6) is 17.2 Å². The van der Waals surface area contributed by atoms with Gasteiger partial charge in [0.15, 0.2) is 0 Å². The maximum absolute atomic E-state index is 10.4. The summed E-state index contributed by atoms with van der Waals surface area (Å²) >= 11 is 1.34. The summed E-state index contributed by atoms with van der Waals surface area (Å²) in [6.07, 6.45) is 0. The number of rotatable bonds is 6. The average molecular weight is 404 g/mol. The number of nitrogens with two attached hydrogens (primary N) is 2. The summed E-state index contributed by atoms with van der Waals surface area (Å²) in [5.41, 5.74) is 8.32. The Morgan fingerprint density at radius 3 is 2.29 bits per heavy atom. The molecule has 0 fully saturated rings. The number of phenols is 1. The van der Waals surface area contributed by atoms with E-state index in [1.807, 2.05) is 19.1 Å². The van der Waals surface area contributed by atoms with Crippen molar-refractivity contribution in [3.8, 4) is 17.2 Å². The number of phenolic OH excluding ortho intramolecular Hbond substituents is 1. The molecule has 0 aliphatic carbocycles. The van der Waals surface area contributed by atoms with Gasteiger partial charge in [0, 0.05) is 11.0 Å². The number of hydrazine groups is 1. The number of ether oxygens (including phenoxy) is 2. The molecule has 2 aromatic rings. The highest BCUT2D eigenvalue weighted by Crippen LogP contribution is 2.37. The summed E-state index contributed by atoms with van der Waals surface area (Å²) in [4.78, 5) is 0.827. The molecular formula is C21H29N3O3S. The van der Waals surface area contributed by atoms with Crippen LogP contribution in [0.1, 0.15) is 33.3 Å². The van der Waals surface area contributed by atoms with Crippen LogP contribution in [-0.2, 0) is 5.41 Å². The highest BCUT2D eigenvalue weighted by atomic mass is 32.2. The second-order valence-electron chi connectivity index (χ2n) is 7.39. The first kappa shape index (κ1) is 21.8. The number of aromatic hydroxyl groups is 1. The topological polar surface area (TPSA) is 94.0 Å². The van der Waals surface area contributed by atoms with Crippen LogP contribution in [-0.4, -0.2) is 19.3 Å². The molecule has 2 rings (SSSR count). The van der Waals surface area contributed by atoms with Crippen LogP contribution in [0.3, 0.4) is 0 Å². The third-order valence-corrected chi connectivity index (χ3v) is 5.37. The van der Waals surface area contributed by atoms with Gasteiger partial charge in [-0.05, 0) is 42.2 Å². The van der Waals surface area contributed by atoms with E-state index in [2.05, 4.69) is 20.8 Å². The smallest absolute Gasteiger partial charge is 0.144 e. The molecule has 2 aromatic carbocycles. The van der Waals surface area contributed by atoms with E-state index in [0.717, 1.165) is 10.5 Å². The number of hydrogen-bond donors (Lipinski definition) is 3. The Labute approximate surface area is 171 Å². The quantitative estimate of drug-likeness (QED) is 0.375. The molecule has 28 heavy (non-hydrogen) atoms. The minimum Gasteiger partial charge on any atom is -0.508 e. The summed E-state index contributed by atoms with van der Waals surface area (Å²) in [6.45, 7) is 7.99. The van der Waals surface area contributed by atoms with Gasteiger partial charge in [0.25, 0.3) is 0 Å². The monoisotopic (exact) mass is 403 g/mol. The van der Waals surface area contributed by atoms with Crippen molar-refractivity contribution in [3.63, 3.8) is 0 Å². The van der Waals surface area contributed by atoms with E-state index in [9.17, 15) is 5.11 Å². The number of benzene rings is 2. The zero-order valence-corrected chi connectivity index (χ0v) is 18.1. The fourth-order valence-electron chi connectivity index (χ4n) is 2.69. The minimum atomic E-state index is -0.137. The molecule has 0 heterocycles. The zero-order chi connectivity index (χ0) is 21.1. The Balaban J connectivity index is 2.31. The van der Waals surface area contributed by atoms with Crippen molar-refractivity contribution in [2.45, 2.75) is 38.0 Å². The molecule has 0 bridgehead atoms. The molecule has 0 spiro atoms. The summed E-state index contributed by atoms with van der Waals surface area (Å²) in [5.74, 6) is 7.82. The second kappa shape index (κ2) is 8.67. The molecule has 0 aliphatic rings. The third-order valence-electron chi connectivity index (χ3n) is 4.37. The molecule has 0 radical (unpaired) electrons. The molecule has 7 heteroatoms. The van der Waals surface area contributed by atoms with Gasteiger partial charge in [0.05, 0.1) is 24.9 Å². The summed E-state index contributed by atoms with van der Waals surface area (Å²) in [6, 6.07) is 11.0. The summed E-state index contributed by atoms with van der Waals surface area (Å²) in [5, 5.41) is 12.3. The second-order valence-corrected chi connectivity index (χ2v) is 8.50. The van der Waals surface area contributed by atoms with Gasteiger partial charge in [-0.15, -0.1) is 0 Å². The maximum Gasteiger partial charge on any atom is 0.144 e. The Kier molecular flexibility index (Phi) is 6.74. The van der Waals surface area contributed by atoms with Crippen molar-refractivity contribution < 1.29 is 14.6 Å². The third kappa shape index (κ3) is 4.85. The van der Waals surface area contributed by atoms with Crippen LogP contribution in [0, 0.1) is 0 Å². The highest BCUT2D eigenvalue weighted by molar-refractivity contribution is 8.03. The fraction of sp³-hybridized carbons (Fsp3) is 0.333. The Morgan fingerprint density at radius 1 is 1.07 bits per heavy atom. The molecule has 0 aromatic heterocycles. The van der Waals surface area contributed by atoms with Crippen LogP contribution in [0.15, 0.2) is 52.0 Å². The first-order valence-electron chi connectivity index (χ1n) is 8.83. The van der Waals surface area contributed by atoms with Gasteiger partial charge < -0.3 is 20.3 Å². The molecule has 0 saturated heterocycles. The normalized spacial score (nSPS) is 12.4. The minimum absolute atomic E-state index is 0.137. The van der Waals surface area contributed by atoms with E-state index < -0.39 is 0 Å². The van der Waals surface area contributed by atoms with E-state index in [1.165, 1.54) is 16.8 Å². The lowest BCUT2D eigenvalue weighted by molar-refractivity contribution is 0.403. The average Bonchev–Trinajstić information content (AvgIpc) is 2.65. The summed E-state index contributed by atoms with van der Waals surface area (Å²) in [7, 11) is 3.17. The van der Waals surface area contributed by atoms with E-state index >= 15 is 0 Å². The lowest BCUT2D eigenvalue weighted by Gasteiger charge is -2.24. The number of methoxy groups -OCH3 is 2. The predicted molar refractivity (Wildman–Crippen MR) is 116 cm³/mol. The van der Waals surface area contributed by atoms with Crippen molar-refractivity contribution in [2.75, 3.05) is 19.2 Å². The van der Waals surface area contributed by atoms with Gasteiger partial charge in [0.1, 0.15) is 22.9 Å². The van der Waals surface area contributed by atoms with Crippen molar-refractivity contribution in [1.82, 2.24) is 0 Å². The van der Waals surface area contributed by atoms with E-state index in [1.54, 1.807) is 38.5 Å². The van der Waals surface area contributed by atoms with Gasteiger partial charge in [-0.3, -0.25) is 5.01 Å². The molecule has 152 valence electrons. The van der Waals surface area contributed by atoms with E-state index in [4.69, 9.17) is 21.1 Å². The van der Waals surface area contributed by atoms with Gasteiger partial charge in [-0.25, -0.2) is 5.84 Å². The van der Waals surface area contributed by atoms with Crippen LogP contribution in [0.25, 0.3) is 0 Å². The van der Waals surface area contributed by atoms with Crippen LogP contribution >= 0.6 is 11.8 Å². The van der Waals surface area contributed by atoms with Crippen LogP contribution in [0.4, 0.5) is 5.69 Å². The van der Waals surface area contributed by atoms with Crippen molar-refractivity contribution in [1.29, 1.82) is 0 Å². The summed E-state index contributed by atoms with van der Waals surface area (Å²) < 4.78 is 10.7. The number of nitrogens with zero attached hydrogens (tertiary/aromatic N) is 1. The van der Waals surface area contributed by atoms with Gasteiger partial charge in [-0.2, -0.15) is 0 Å². The van der Waals surface area contributed by atoms with Crippen molar-refractivity contribution in [2.24, 2.45) is 11.6 Å². The number of hydrogen-bond acceptors (Lipinski definition) is 7. The molecule has 0 aliphatic heterocycles. The lowest BCUT2D eigenvalue weighted by atomic mass is 9.86. The van der Waals surface area contributed by atoms with Crippen LogP contribution < -0.4 is 26.1 Å². The fourth-order valence-corrected chi connectivity index (χ4v) is 3.50. The van der Waals surface area contributed by atoms with Gasteiger partial charge in [-0.1, -0.05) is 38.6 Å². The molecule has 0 saturated carbocycles. The van der Waals surface area contributed by atoms with Gasteiger partial charge in [0.2, 0.25) is 0 Å². The predicted octanol–water partition coefficient (Wildman–Crippen LogP) is 4.33. The largest absolute Gasteiger partial charge is 0.508 e. The molecule has 6 nitrogen and oxygen atoms in total. The number of allylic oxidation sites excluding steroid dienone is 1. The zero-order valence-electron chi connectivity index (χ0n) is 17.2. The Bertz CT molecular complexity index is 876. The highest BCUT2D eigenvalue weighted by Gasteiger charge is 2.19.